The van der Waals surface area contributed by atoms with E-state index < -0.39 is 11.8 Å². The van der Waals surface area contributed by atoms with Crippen molar-refractivity contribution in [1.29, 1.82) is 0 Å². The van der Waals surface area contributed by atoms with Gasteiger partial charge in [0.2, 0.25) is 0 Å². The number of hydrogen-bond donors (Lipinski definition) is 2. The van der Waals surface area contributed by atoms with E-state index in [4.69, 9.17) is 5.11 Å². The molecule has 4 heteroatoms. The fraction of sp³-hybridized carbons (Fsp3) is 0.462. The number of anilines is 1. The second-order valence-electron chi connectivity index (χ2n) is 5.02. The molecule has 0 bridgehead atoms. The molecule has 1 saturated carbocycles. The van der Waals surface area contributed by atoms with E-state index in [0.717, 1.165) is 25.5 Å². The van der Waals surface area contributed by atoms with Crippen LogP contribution < -0.4 is 5.32 Å². The molecule has 0 amide bonds. The number of aromatic carboxylic acids is 1. The van der Waals surface area contributed by atoms with Gasteiger partial charge in [0.15, 0.2) is 0 Å². The number of hydrogen-bond acceptors (Lipinski definition) is 2. The molecule has 0 heterocycles. The van der Waals surface area contributed by atoms with Crippen LogP contribution in [0, 0.1) is 11.2 Å². The Labute approximate surface area is 99.7 Å². The van der Waals surface area contributed by atoms with Gasteiger partial charge in [-0.1, -0.05) is 13.3 Å². The van der Waals surface area contributed by atoms with E-state index in [1.807, 2.05) is 0 Å². The zero-order valence-electron chi connectivity index (χ0n) is 9.79. The zero-order valence-corrected chi connectivity index (χ0v) is 9.79. The summed E-state index contributed by atoms with van der Waals surface area (Å²) in [6.07, 6.45) is 3.56. The second-order valence-corrected chi connectivity index (χ2v) is 5.02. The van der Waals surface area contributed by atoms with E-state index in [9.17, 15) is 9.18 Å². The van der Waals surface area contributed by atoms with Crippen LogP contribution in [0.15, 0.2) is 18.2 Å². The molecule has 0 aliphatic heterocycles. The maximum Gasteiger partial charge on any atom is 0.335 e. The van der Waals surface area contributed by atoms with E-state index in [1.54, 1.807) is 0 Å². The van der Waals surface area contributed by atoms with E-state index in [0.29, 0.717) is 5.69 Å². The average Bonchev–Trinajstić information content (AvgIpc) is 2.24. The summed E-state index contributed by atoms with van der Waals surface area (Å²) in [6, 6.07) is 3.95. The molecule has 1 aromatic rings. The third-order valence-electron chi connectivity index (χ3n) is 3.48. The molecular formula is C13H16FNO2. The van der Waals surface area contributed by atoms with Gasteiger partial charge in [0, 0.05) is 6.54 Å². The molecule has 92 valence electrons. The van der Waals surface area contributed by atoms with Crippen LogP contribution in [0.3, 0.4) is 0 Å². The summed E-state index contributed by atoms with van der Waals surface area (Å²) in [7, 11) is 0. The van der Waals surface area contributed by atoms with Crippen molar-refractivity contribution in [3.63, 3.8) is 0 Å². The monoisotopic (exact) mass is 237 g/mol. The van der Waals surface area contributed by atoms with Gasteiger partial charge in [0.25, 0.3) is 0 Å². The van der Waals surface area contributed by atoms with Gasteiger partial charge in [-0.2, -0.15) is 0 Å². The predicted molar refractivity (Wildman–Crippen MR) is 63.8 cm³/mol. The van der Waals surface area contributed by atoms with Gasteiger partial charge in [-0.3, -0.25) is 0 Å². The molecule has 1 aliphatic carbocycles. The number of rotatable bonds is 4. The Morgan fingerprint density at radius 1 is 1.53 bits per heavy atom. The summed E-state index contributed by atoms with van der Waals surface area (Å²) in [5.74, 6) is -1.62. The lowest BCUT2D eigenvalue weighted by atomic mass is 9.70. The van der Waals surface area contributed by atoms with Crippen LogP contribution in [0.4, 0.5) is 10.1 Å². The van der Waals surface area contributed by atoms with Crippen LogP contribution in [-0.2, 0) is 0 Å². The van der Waals surface area contributed by atoms with Crippen molar-refractivity contribution in [2.45, 2.75) is 26.2 Å². The van der Waals surface area contributed by atoms with Crippen molar-refractivity contribution in [2.24, 2.45) is 5.41 Å². The molecule has 0 radical (unpaired) electrons. The van der Waals surface area contributed by atoms with Crippen LogP contribution in [-0.4, -0.2) is 17.6 Å². The number of carboxylic acids is 1. The maximum atomic E-state index is 13.6. The second kappa shape index (κ2) is 4.35. The Balaban J connectivity index is 2.03. The summed E-state index contributed by atoms with van der Waals surface area (Å²) in [5.41, 5.74) is 0.615. The van der Waals surface area contributed by atoms with Gasteiger partial charge in [-0.25, -0.2) is 9.18 Å². The summed E-state index contributed by atoms with van der Waals surface area (Å²) >= 11 is 0. The maximum absolute atomic E-state index is 13.6. The predicted octanol–water partition coefficient (Wildman–Crippen LogP) is 3.13. The third kappa shape index (κ3) is 2.57. The Kier molecular flexibility index (Phi) is 3.05. The minimum Gasteiger partial charge on any atom is -0.478 e. The highest BCUT2D eigenvalue weighted by Gasteiger charge is 2.31. The van der Waals surface area contributed by atoms with Crippen LogP contribution >= 0.6 is 0 Å². The first-order valence-electron chi connectivity index (χ1n) is 5.77. The third-order valence-corrected chi connectivity index (χ3v) is 3.48. The molecule has 1 aliphatic rings. The molecule has 17 heavy (non-hydrogen) atoms. The molecule has 2 N–H and O–H groups in total. The van der Waals surface area contributed by atoms with Crippen LogP contribution in [0.2, 0.25) is 0 Å². The Morgan fingerprint density at radius 2 is 2.24 bits per heavy atom. The van der Waals surface area contributed by atoms with Gasteiger partial charge < -0.3 is 10.4 Å². The highest BCUT2D eigenvalue weighted by atomic mass is 19.1. The zero-order chi connectivity index (χ0) is 12.5. The normalized spacial score (nSPS) is 17.3. The molecule has 3 nitrogen and oxygen atoms in total. The summed E-state index contributed by atoms with van der Waals surface area (Å²) < 4.78 is 13.6. The van der Waals surface area contributed by atoms with E-state index in [2.05, 4.69) is 12.2 Å². The first-order chi connectivity index (χ1) is 8.00. The number of halogens is 1. The van der Waals surface area contributed by atoms with Gasteiger partial charge in [0.05, 0.1) is 11.3 Å². The lowest BCUT2D eigenvalue weighted by Gasteiger charge is -2.38. The van der Waals surface area contributed by atoms with Crippen LogP contribution in [0.25, 0.3) is 0 Å². The number of nitrogens with one attached hydrogen (secondary N) is 1. The van der Waals surface area contributed by atoms with Crippen LogP contribution in [0.5, 0.6) is 0 Å². The van der Waals surface area contributed by atoms with Crippen molar-refractivity contribution in [1.82, 2.24) is 0 Å². The first kappa shape index (κ1) is 11.9. The molecule has 1 fully saturated rings. The highest BCUT2D eigenvalue weighted by Crippen LogP contribution is 2.40. The fourth-order valence-electron chi connectivity index (χ4n) is 2.06. The highest BCUT2D eigenvalue weighted by molar-refractivity contribution is 5.88. The molecule has 0 spiro atoms. The van der Waals surface area contributed by atoms with Gasteiger partial charge in [-0.05, 0) is 36.5 Å². The lowest BCUT2D eigenvalue weighted by Crippen LogP contribution is -2.33. The number of benzene rings is 1. The van der Waals surface area contributed by atoms with Crippen molar-refractivity contribution in [3.05, 3.63) is 29.6 Å². The standard InChI is InChI=1S/C13H16FNO2/c1-13(5-2-6-13)8-15-11-4-3-9(12(16)17)7-10(11)14/h3-4,7,15H,2,5-6,8H2,1H3,(H,16,17). The summed E-state index contributed by atoms with van der Waals surface area (Å²) in [5, 5.41) is 11.8. The molecule has 0 aromatic heterocycles. The van der Waals surface area contributed by atoms with E-state index >= 15 is 0 Å². The quantitative estimate of drug-likeness (QED) is 0.845. The Morgan fingerprint density at radius 3 is 2.71 bits per heavy atom. The summed E-state index contributed by atoms with van der Waals surface area (Å²) in [6.45, 7) is 2.91. The average molecular weight is 237 g/mol. The molecule has 0 atom stereocenters. The largest absolute Gasteiger partial charge is 0.478 e. The lowest BCUT2D eigenvalue weighted by molar-refractivity contribution is 0.0696. The van der Waals surface area contributed by atoms with E-state index in [-0.39, 0.29) is 11.0 Å². The molecule has 0 saturated heterocycles. The van der Waals surface area contributed by atoms with Gasteiger partial charge in [0.1, 0.15) is 5.82 Å². The van der Waals surface area contributed by atoms with Crippen molar-refractivity contribution in [2.75, 3.05) is 11.9 Å². The topological polar surface area (TPSA) is 49.3 Å². The van der Waals surface area contributed by atoms with Crippen LogP contribution in [0.1, 0.15) is 36.5 Å². The minimum atomic E-state index is -1.11. The first-order valence-corrected chi connectivity index (χ1v) is 5.77. The minimum absolute atomic E-state index is 0.0251. The van der Waals surface area contributed by atoms with Crippen molar-refractivity contribution >= 4 is 11.7 Å². The number of carboxylic acid groups (broad SMARTS) is 1. The molecule has 1 aromatic carbocycles. The Hall–Kier alpha value is -1.58. The van der Waals surface area contributed by atoms with Crippen molar-refractivity contribution in [3.8, 4) is 0 Å². The summed E-state index contributed by atoms with van der Waals surface area (Å²) in [4.78, 5) is 10.6. The Bertz CT molecular complexity index is 441. The molecule has 0 unspecified atom stereocenters. The number of carbonyl (C=O) groups is 1. The van der Waals surface area contributed by atoms with Gasteiger partial charge >= 0.3 is 5.97 Å². The molecule has 2 rings (SSSR count). The smallest absolute Gasteiger partial charge is 0.335 e. The molecular weight excluding hydrogens is 221 g/mol. The van der Waals surface area contributed by atoms with Gasteiger partial charge in [-0.15, -0.1) is 0 Å². The SMILES string of the molecule is CC1(CNc2ccc(C(=O)O)cc2F)CCC1. The fourth-order valence-corrected chi connectivity index (χ4v) is 2.06. The van der Waals surface area contributed by atoms with E-state index in [1.165, 1.54) is 18.6 Å². The van der Waals surface area contributed by atoms with Crippen molar-refractivity contribution < 1.29 is 14.3 Å².